The highest BCUT2D eigenvalue weighted by Gasteiger charge is 2.46. The van der Waals surface area contributed by atoms with E-state index < -0.39 is 11.5 Å². The molecule has 2 N–H and O–H groups in total. The van der Waals surface area contributed by atoms with Crippen molar-refractivity contribution in [3.8, 4) is 11.4 Å². The molecule has 1 fully saturated rings. The standard InChI is InChI=1S/C30H23ClN4O3/c31-24-4-1-3-19(15-24)18-35-14-9-21-16-22(27-32-12-2-13-33-27)17-25(26(21)35)28(36)34-30(10-11-30)23-7-5-20(6-8-23)29(37)38/h1-9,12-17H,10-11,18H2,(H,34,36)(H,37,38). The van der Waals surface area contributed by atoms with Crippen LogP contribution in [-0.2, 0) is 12.1 Å². The van der Waals surface area contributed by atoms with Crippen LogP contribution in [0, 0.1) is 0 Å². The molecule has 2 aromatic heterocycles. The summed E-state index contributed by atoms with van der Waals surface area (Å²) >= 11 is 6.22. The minimum absolute atomic E-state index is 0.210. The first-order chi connectivity index (χ1) is 18.4. The number of benzene rings is 3. The number of carboxylic acid groups (broad SMARTS) is 1. The molecule has 3 aromatic carbocycles. The molecule has 0 unspecified atom stereocenters. The minimum Gasteiger partial charge on any atom is -0.478 e. The first-order valence-electron chi connectivity index (χ1n) is 12.2. The largest absolute Gasteiger partial charge is 0.478 e. The molecule has 1 aliphatic carbocycles. The number of rotatable bonds is 7. The molecule has 0 bridgehead atoms. The van der Waals surface area contributed by atoms with Crippen LogP contribution in [0.25, 0.3) is 22.3 Å². The summed E-state index contributed by atoms with van der Waals surface area (Å²) in [7, 11) is 0. The maximum Gasteiger partial charge on any atom is 0.335 e. The van der Waals surface area contributed by atoms with Gasteiger partial charge in [-0.2, -0.15) is 0 Å². The third-order valence-electron chi connectivity index (χ3n) is 6.96. The molecule has 1 amide bonds. The van der Waals surface area contributed by atoms with Gasteiger partial charge in [0.25, 0.3) is 5.91 Å². The lowest BCUT2D eigenvalue weighted by Crippen LogP contribution is -2.35. The van der Waals surface area contributed by atoms with Crippen LogP contribution in [-0.4, -0.2) is 31.5 Å². The molecule has 8 heteroatoms. The van der Waals surface area contributed by atoms with Crippen molar-refractivity contribution in [2.45, 2.75) is 24.9 Å². The van der Waals surface area contributed by atoms with Gasteiger partial charge in [0.15, 0.2) is 5.82 Å². The lowest BCUT2D eigenvalue weighted by molar-refractivity contribution is 0.0696. The molecule has 1 aliphatic rings. The van der Waals surface area contributed by atoms with Crippen LogP contribution in [0.15, 0.2) is 91.4 Å². The van der Waals surface area contributed by atoms with Gasteiger partial charge in [-0.05, 0) is 72.5 Å². The molecule has 2 heterocycles. The van der Waals surface area contributed by atoms with E-state index in [0.29, 0.717) is 23.0 Å². The first kappa shape index (κ1) is 23.9. The summed E-state index contributed by atoms with van der Waals surface area (Å²) in [5.41, 5.74) is 3.68. The van der Waals surface area contributed by atoms with E-state index in [1.807, 2.05) is 53.2 Å². The zero-order valence-corrected chi connectivity index (χ0v) is 21.0. The third kappa shape index (κ3) is 4.53. The summed E-state index contributed by atoms with van der Waals surface area (Å²) in [4.78, 5) is 34.0. The Kier molecular flexibility index (Phi) is 5.93. The van der Waals surface area contributed by atoms with Gasteiger partial charge in [0.1, 0.15) is 0 Å². The number of aromatic carboxylic acids is 1. The van der Waals surface area contributed by atoms with E-state index >= 15 is 0 Å². The molecule has 7 nitrogen and oxygen atoms in total. The molecular weight excluding hydrogens is 500 g/mol. The number of carbonyl (C=O) groups excluding carboxylic acids is 1. The monoisotopic (exact) mass is 522 g/mol. The topological polar surface area (TPSA) is 97.1 Å². The molecule has 5 aromatic rings. The van der Waals surface area contributed by atoms with E-state index in [1.54, 1.807) is 42.7 Å². The normalized spacial score (nSPS) is 13.8. The number of nitrogens with one attached hydrogen (secondary N) is 1. The number of amides is 1. The van der Waals surface area contributed by atoms with Gasteiger partial charge in [-0.25, -0.2) is 14.8 Å². The number of aromatic nitrogens is 3. The van der Waals surface area contributed by atoms with Gasteiger partial charge in [-0.15, -0.1) is 0 Å². The fraction of sp³-hybridized carbons (Fsp3) is 0.133. The SMILES string of the molecule is O=C(O)c1ccc(C2(NC(=O)c3cc(-c4ncccn4)cc4ccn(Cc5cccc(Cl)c5)c34)CC2)cc1. The van der Waals surface area contributed by atoms with Crippen molar-refractivity contribution < 1.29 is 14.7 Å². The van der Waals surface area contributed by atoms with Crippen molar-refractivity contribution in [2.75, 3.05) is 0 Å². The van der Waals surface area contributed by atoms with E-state index in [9.17, 15) is 14.7 Å². The highest BCUT2D eigenvalue weighted by atomic mass is 35.5. The summed E-state index contributed by atoms with van der Waals surface area (Å²) < 4.78 is 2.05. The first-order valence-corrected chi connectivity index (χ1v) is 12.6. The van der Waals surface area contributed by atoms with Gasteiger partial charge < -0.3 is 15.0 Å². The fourth-order valence-corrected chi connectivity index (χ4v) is 5.10. The van der Waals surface area contributed by atoms with Gasteiger partial charge >= 0.3 is 5.97 Å². The van der Waals surface area contributed by atoms with E-state index in [4.69, 9.17) is 11.6 Å². The number of halogens is 1. The Bertz CT molecular complexity index is 1680. The number of nitrogens with zero attached hydrogens (tertiary/aromatic N) is 3. The van der Waals surface area contributed by atoms with Gasteiger partial charge in [-0.3, -0.25) is 4.79 Å². The fourth-order valence-electron chi connectivity index (χ4n) is 4.89. The second kappa shape index (κ2) is 9.43. The Balaban J connectivity index is 1.41. The van der Waals surface area contributed by atoms with Crippen molar-refractivity contribution in [3.63, 3.8) is 0 Å². The smallest absolute Gasteiger partial charge is 0.335 e. The maximum absolute atomic E-state index is 13.9. The predicted octanol–water partition coefficient (Wildman–Crippen LogP) is 5.92. The van der Waals surface area contributed by atoms with E-state index in [1.165, 1.54) is 0 Å². The summed E-state index contributed by atoms with van der Waals surface area (Å²) in [5, 5.41) is 14.1. The van der Waals surface area contributed by atoms with Crippen LogP contribution >= 0.6 is 11.6 Å². The van der Waals surface area contributed by atoms with Crippen LogP contribution in [0.4, 0.5) is 0 Å². The second-order valence-corrected chi connectivity index (χ2v) is 9.96. The quantitative estimate of drug-likeness (QED) is 0.276. The third-order valence-corrected chi connectivity index (χ3v) is 7.19. The highest BCUT2D eigenvalue weighted by molar-refractivity contribution is 6.30. The zero-order chi connectivity index (χ0) is 26.3. The van der Waals surface area contributed by atoms with Crippen LogP contribution in [0.2, 0.25) is 5.02 Å². The van der Waals surface area contributed by atoms with Gasteiger partial charge in [0, 0.05) is 41.1 Å². The molecule has 0 spiro atoms. The summed E-state index contributed by atoms with van der Waals surface area (Å²) in [6.07, 6.45) is 6.88. The Morgan fingerprint density at radius 2 is 1.74 bits per heavy atom. The highest BCUT2D eigenvalue weighted by Crippen LogP contribution is 2.46. The lowest BCUT2D eigenvalue weighted by Gasteiger charge is -2.20. The van der Waals surface area contributed by atoms with Crippen molar-refractivity contribution in [2.24, 2.45) is 0 Å². The maximum atomic E-state index is 13.9. The summed E-state index contributed by atoms with van der Waals surface area (Å²) in [6.45, 7) is 0.549. The van der Waals surface area contributed by atoms with Crippen molar-refractivity contribution in [1.82, 2.24) is 19.9 Å². The number of fused-ring (bicyclic) bond motifs is 1. The molecule has 6 rings (SSSR count). The molecule has 1 saturated carbocycles. The zero-order valence-electron chi connectivity index (χ0n) is 20.3. The number of carbonyl (C=O) groups is 2. The van der Waals surface area contributed by atoms with Crippen LogP contribution < -0.4 is 5.32 Å². The Morgan fingerprint density at radius 1 is 0.974 bits per heavy atom. The summed E-state index contributed by atoms with van der Waals surface area (Å²) in [5.74, 6) is -0.650. The number of carboxylic acids is 1. The van der Waals surface area contributed by atoms with Gasteiger partial charge in [0.2, 0.25) is 0 Å². The van der Waals surface area contributed by atoms with E-state index in [0.717, 1.165) is 40.4 Å². The van der Waals surface area contributed by atoms with Gasteiger partial charge in [0.05, 0.1) is 22.2 Å². The second-order valence-electron chi connectivity index (χ2n) is 9.53. The summed E-state index contributed by atoms with van der Waals surface area (Å²) in [6, 6.07) is 21.9. The van der Waals surface area contributed by atoms with Crippen molar-refractivity contribution in [3.05, 3.63) is 119 Å². The van der Waals surface area contributed by atoms with Gasteiger partial charge in [-0.1, -0.05) is 35.9 Å². The molecular formula is C30H23ClN4O3. The molecule has 0 atom stereocenters. The Morgan fingerprint density at radius 3 is 2.42 bits per heavy atom. The molecule has 0 aliphatic heterocycles. The minimum atomic E-state index is -0.978. The van der Waals surface area contributed by atoms with Crippen LogP contribution in [0.1, 0.15) is 44.7 Å². The average molecular weight is 523 g/mol. The van der Waals surface area contributed by atoms with E-state index in [-0.39, 0.29) is 11.5 Å². The molecule has 188 valence electrons. The van der Waals surface area contributed by atoms with Crippen molar-refractivity contribution in [1.29, 1.82) is 0 Å². The average Bonchev–Trinajstić information content (AvgIpc) is 3.60. The van der Waals surface area contributed by atoms with Crippen LogP contribution in [0.5, 0.6) is 0 Å². The van der Waals surface area contributed by atoms with E-state index in [2.05, 4.69) is 15.3 Å². The molecule has 0 radical (unpaired) electrons. The van der Waals surface area contributed by atoms with Crippen LogP contribution in [0.3, 0.4) is 0 Å². The molecule has 38 heavy (non-hydrogen) atoms. The lowest BCUT2D eigenvalue weighted by atomic mass is 10.0. The Hall–Kier alpha value is -4.49. The Labute approximate surface area is 223 Å². The predicted molar refractivity (Wildman–Crippen MR) is 145 cm³/mol. The number of hydrogen-bond acceptors (Lipinski definition) is 4. The number of hydrogen-bond donors (Lipinski definition) is 2. The molecule has 0 saturated heterocycles. The van der Waals surface area contributed by atoms with Crippen molar-refractivity contribution >= 4 is 34.4 Å².